The Kier molecular flexibility index (Phi) is 8.74. The van der Waals surface area contributed by atoms with Gasteiger partial charge in [-0.3, -0.25) is 4.90 Å². The zero-order valence-electron chi connectivity index (χ0n) is 14.0. The van der Waals surface area contributed by atoms with Crippen LogP contribution in [-0.2, 0) is 4.74 Å². The molecule has 0 aromatic carbocycles. The van der Waals surface area contributed by atoms with E-state index < -0.39 is 0 Å². The molecule has 0 atom stereocenters. The van der Waals surface area contributed by atoms with E-state index in [-0.39, 0.29) is 5.54 Å². The van der Waals surface area contributed by atoms with Crippen molar-refractivity contribution < 1.29 is 4.74 Å². The zero-order valence-corrected chi connectivity index (χ0v) is 14.0. The fourth-order valence-corrected chi connectivity index (χ4v) is 3.36. The fraction of sp³-hybridized carbons (Fsp3) is 1.00. The van der Waals surface area contributed by atoms with Crippen molar-refractivity contribution in [1.82, 2.24) is 4.90 Å². The van der Waals surface area contributed by atoms with Gasteiger partial charge in [-0.2, -0.15) is 0 Å². The van der Waals surface area contributed by atoms with Crippen LogP contribution in [0, 0.1) is 5.92 Å². The number of hydrogen-bond acceptors (Lipinski definition) is 3. The van der Waals surface area contributed by atoms with Crippen LogP contribution in [0.25, 0.3) is 0 Å². The molecule has 0 unspecified atom stereocenters. The van der Waals surface area contributed by atoms with Gasteiger partial charge < -0.3 is 10.5 Å². The molecular formula is C17H36N2O. The quantitative estimate of drug-likeness (QED) is 0.521. The maximum absolute atomic E-state index is 6.17. The predicted molar refractivity (Wildman–Crippen MR) is 87.0 cm³/mol. The molecule has 0 radical (unpaired) electrons. The van der Waals surface area contributed by atoms with Crippen LogP contribution in [0.1, 0.15) is 65.7 Å². The van der Waals surface area contributed by atoms with Crippen molar-refractivity contribution in [2.24, 2.45) is 11.7 Å². The van der Waals surface area contributed by atoms with E-state index in [9.17, 15) is 0 Å². The summed E-state index contributed by atoms with van der Waals surface area (Å²) in [7, 11) is 0. The summed E-state index contributed by atoms with van der Waals surface area (Å²) in [4.78, 5) is 2.59. The monoisotopic (exact) mass is 284 g/mol. The van der Waals surface area contributed by atoms with E-state index in [1.807, 2.05) is 0 Å². The molecule has 3 heteroatoms. The maximum Gasteiger partial charge on any atom is 0.0593 e. The maximum atomic E-state index is 6.17. The van der Waals surface area contributed by atoms with Gasteiger partial charge in [-0.05, 0) is 31.7 Å². The minimum Gasteiger partial charge on any atom is -0.380 e. The summed E-state index contributed by atoms with van der Waals surface area (Å²) in [6, 6.07) is 0. The lowest BCUT2D eigenvalue weighted by atomic mass is 9.88. The van der Waals surface area contributed by atoms with Crippen LogP contribution in [0.4, 0.5) is 0 Å². The van der Waals surface area contributed by atoms with Gasteiger partial charge in [-0.25, -0.2) is 0 Å². The number of nitrogens with zero attached hydrogens (tertiary/aromatic N) is 1. The van der Waals surface area contributed by atoms with E-state index in [4.69, 9.17) is 10.5 Å². The predicted octanol–water partition coefficient (Wildman–Crippen LogP) is 3.42. The van der Waals surface area contributed by atoms with Crippen LogP contribution in [0.15, 0.2) is 0 Å². The molecule has 0 aliphatic heterocycles. The second-order valence-electron chi connectivity index (χ2n) is 6.72. The number of rotatable bonds is 9. The Hall–Kier alpha value is -0.120. The molecule has 0 spiro atoms. The Bertz CT molecular complexity index is 235. The summed E-state index contributed by atoms with van der Waals surface area (Å²) in [6.07, 6.45) is 9.12. The molecule has 1 rings (SSSR count). The highest BCUT2D eigenvalue weighted by molar-refractivity contribution is 4.92. The normalized spacial score (nSPS) is 19.5. The largest absolute Gasteiger partial charge is 0.380 e. The summed E-state index contributed by atoms with van der Waals surface area (Å²) in [5, 5.41) is 0. The van der Waals surface area contributed by atoms with E-state index in [0.29, 0.717) is 0 Å². The molecule has 1 aliphatic carbocycles. The third-order valence-corrected chi connectivity index (χ3v) is 4.81. The summed E-state index contributed by atoms with van der Waals surface area (Å²) in [6.45, 7) is 11.4. The lowest BCUT2D eigenvalue weighted by molar-refractivity contribution is 0.0369. The van der Waals surface area contributed by atoms with Gasteiger partial charge in [0, 0.05) is 25.2 Å². The van der Waals surface area contributed by atoms with Crippen molar-refractivity contribution in [2.45, 2.75) is 71.3 Å². The number of hydrogen-bond donors (Lipinski definition) is 1. The minimum atomic E-state index is 0.243. The van der Waals surface area contributed by atoms with Crippen LogP contribution in [0.3, 0.4) is 0 Å². The van der Waals surface area contributed by atoms with E-state index in [1.54, 1.807) is 0 Å². The molecule has 0 saturated heterocycles. The van der Waals surface area contributed by atoms with Crippen molar-refractivity contribution >= 4 is 0 Å². The van der Waals surface area contributed by atoms with Gasteiger partial charge in [-0.15, -0.1) is 0 Å². The molecule has 20 heavy (non-hydrogen) atoms. The number of likely N-dealkylation sites (N-methyl/N-ethyl adjacent to an activating group) is 1. The van der Waals surface area contributed by atoms with Gasteiger partial charge in [0.25, 0.3) is 0 Å². The van der Waals surface area contributed by atoms with Crippen molar-refractivity contribution in [3.05, 3.63) is 0 Å². The Morgan fingerprint density at radius 1 is 1.10 bits per heavy atom. The van der Waals surface area contributed by atoms with E-state index in [2.05, 4.69) is 25.7 Å². The first-order valence-electron chi connectivity index (χ1n) is 8.67. The fourth-order valence-electron chi connectivity index (χ4n) is 3.36. The van der Waals surface area contributed by atoms with Gasteiger partial charge in [-0.1, -0.05) is 46.5 Å². The van der Waals surface area contributed by atoms with E-state index in [0.717, 1.165) is 45.2 Å². The topological polar surface area (TPSA) is 38.5 Å². The third kappa shape index (κ3) is 5.71. The molecule has 0 aromatic rings. The molecule has 2 N–H and O–H groups in total. The van der Waals surface area contributed by atoms with Crippen LogP contribution in [0.2, 0.25) is 0 Å². The summed E-state index contributed by atoms with van der Waals surface area (Å²) >= 11 is 0. The van der Waals surface area contributed by atoms with Gasteiger partial charge in [0.15, 0.2) is 0 Å². The average molecular weight is 284 g/mol. The van der Waals surface area contributed by atoms with Gasteiger partial charge in [0.2, 0.25) is 0 Å². The molecule has 1 fully saturated rings. The molecule has 0 heterocycles. The average Bonchev–Trinajstić information content (AvgIpc) is 2.69. The third-order valence-electron chi connectivity index (χ3n) is 4.81. The lowest BCUT2D eigenvalue weighted by Crippen LogP contribution is -2.54. The minimum absolute atomic E-state index is 0.243. The zero-order chi connectivity index (χ0) is 14.8. The second kappa shape index (κ2) is 9.75. The van der Waals surface area contributed by atoms with Crippen molar-refractivity contribution in [3.63, 3.8) is 0 Å². The molecule has 0 amide bonds. The molecule has 0 aromatic heterocycles. The van der Waals surface area contributed by atoms with Crippen molar-refractivity contribution in [3.8, 4) is 0 Å². The van der Waals surface area contributed by atoms with E-state index >= 15 is 0 Å². The first-order valence-corrected chi connectivity index (χ1v) is 8.67. The Morgan fingerprint density at radius 3 is 2.25 bits per heavy atom. The molecule has 120 valence electrons. The Balaban J connectivity index is 2.41. The Morgan fingerprint density at radius 2 is 1.75 bits per heavy atom. The lowest BCUT2D eigenvalue weighted by Gasteiger charge is -2.43. The SMILES string of the molecule is CCN(CCOCCC(C)C)C1(CN)CCCCCC1. The van der Waals surface area contributed by atoms with Gasteiger partial charge in [0.1, 0.15) is 0 Å². The first-order chi connectivity index (χ1) is 9.64. The van der Waals surface area contributed by atoms with Crippen LogP contribution in [-0.4, -0.2) is 43.3 Å². The first kappa shape index (κ1) is 17.9. The molecular weight excluding hydrogens is 248 g/mol. The molecule has 0 bridgehead atoms. The van der Waals surface area contributed by atoms with Crippen molar-refractivity contribution in [2.75, 3.05) is 32.8 Å². The highest BCUT2D eigenvalue weighted by Crippen LogP contribution is 2.31. The van der Waals surface area contributed by atoms with Crippen LogP contribution >= 0.6 is 0 Å². The van der Waals surface area contributed by atoms with Crippen molar-refractivity contribution in [1.29, 1.82) is 0 Å². The number of ether oxygens (including phenoxy) is 1. The van der Waals surface area contributed by atoms with E-state index in [1.165, 1.54) is 38.5 Å². The molecule has 1 saturated carbocycles. The molecule has 3 nitrogen and oxygen atoms in total. The van der Waals surface area contributed by atoms with Gasteiger partial charge in [0.05, 0.1) is 6.61 Å². The Labute approximate surface area is 126 Å². The summed E-state index contributed by atoms with van der Waals surface area (Å²) in [5.41, 5.74) is 6.41. The highest BCUT2D eigenvalue weighted by Gasteiger charge is 2.34. The molecule has 1 aliphatic rings. The summed E-state index contributed by atoms with van der Waals surface area (Å²) in [5.74, 6) is 0.731. The summed E-state index contributed by atoms with van der Waals surface area (Å²) < 4.78 is 5.81. The number of nitrogens with two attached hydrogens (primary N) is 1. The standard InChI is InChI=1S/C17H36N2O/c1-4-19(12-14-20-13-9-16(2)3)17(15-18)10-7-5-6-8-11-17/h16H,4-15,18H2,1-3H3. The second-order valence-corrected chi connectivity index (χ2v) is 6.72. The van der Waals surface area contributed by atoms with Crippen LogP contribution < -0.4 is 5.73 Å². The smallest absolute Gasteiger partial charge is 0.0593 e. The highest BCUT2D eigenvalue weighted by atomic mass is 16.5. The van der Waals surface area contributed by atoms with Gasteiger partial charge >= 0.3 is 0 Å². The van der Waals surface area contributed by atoms with Crippen LogP contribution in [0.5, 0.6) is 0 Å².